The van der Waals surface area contributed by atoms with Gasteiger partial charge in [-0.25, -0.2) is 13.4 Å². The van der Waals surface area contributed by atoms with Gasteiger partial charge in [-0.1, -0.05) is 17.7 Å². The average Bonchev–Trinajstić information content (AvgIpc) is 2.86. The van der Waals surface area contributed by atoms with Crippen LogP contribution in [0.3, 0.4) is 0 Å². The van der Waals surface area contributed by atoms with Gasteiger partial charge >= 0.3 is 0 Å². The van der Waals surface area contributed by atoms with Crippen LogP contribution in [0.2, 0.25) is 0 Å². The SMILES string of the molecule is Cc1ccc(S(=O)(=O)Nc2ccc3ncsc3c2)cc1. The summed E-state index contributed by atoms with van der Waals surface area (Å²) in [5.41, 5.74) is 4.17. The molecule has 0 aliphatic heterocycles. The quantitative estimate of drug-likeness (QED) is 0.806. The van der Waals surface area contributed by atoms with Crippen LogP contribution in [0.1, 0.15) is 5.56 Å². The lowest BCUT2D eigenvalue weighted by Gasteiger charge is -2.08. The van der Waals surface area contributed by atoms with Gasteiger partial charge in [0, 0.05) is 0 Å². The molecule has 1 N–H and O–H groups in total. The standard InChI is InChI=1S/C14H12N2O2S2/c1-10-2-5-12(6-3-10)20(17,18)16-11-4-7-13-14(8-11)19-9-15-13/h2-9,16H,1H3. The highest BCUT2D eigenvalue weighted by molar-refractivity contribution is 7.92. The van der Waals surface area contributed by atoms with Crippen LogP contribution >= 0.6 is 11.3 Å². The number of thiazole rings is 1. The summed E-state index contributed by atoms with van der Waals surface area (Å²) in [4.78, 5) is 4.42. The molecule has 4 nitrogen and oxygen atoms in total. The first-order valence-corrected chi connectivity index (χ1v) is 8.34. The third-order valence-electron chi connectivity index (χ3n) is 2.91. The Morgan fingerprint density at radius 3 is 2.60 bits per heavy atom. The van der Waals surface area contributed by atoms with Gasteiger partial charge in [0.05, 0.1) is 26.3 Å². The molecule has 20 heavy (non-hydrogen) atoms. The van der Waals surface area contributed by atoms with Crippen LogP contribution in [-0.2, 0) is 10.0 Å². The summed E-state index contributed by atoms with van der Waals surface area (Å²) in [7, 11) is -3.55. The lowest BCUT2D eigenvalue weighted by atomic mass is 10.2. The van der Waals surface area contributed by atoms with Crippen molar-refractivity contribution >= 4 is 37.3 Å². The first-order chi connectivity index (χ1) is 9.54. The predicted molar refractivity (Wildman–Crippen MR) is 81.6 cm³/mol. The fourth-order valence-electron chi connectivity index (χ4n) is 1.85. The van der Waals surface area contributed by atoms with Crippen molar-refractivity contribution in [1.82, 2.24) is 4.98 Å². The summed E-state index contributed by atoms with van der Waals surface area (Å²) in [6, 6.07) is 12.1. The number of sulfonamides is 1. The van der Waals surface area contributed by atoms with Gasteiger partial charge in [-0.15, -0.1) is 11.3 Å². The van der Waals surface area contributed by atoms with Gasteiger partial charge < -0.3 is 0 Å². The molecule has 1 heterocycles. The summed E-state index contributed by atoms with van der Waals surface area (Å²) < 4.78 is 28.1. The number of hydrogen-bond acceptors (Lipinski definition) is 4. The van der Waals surface area contributed by atoms with E-state index in [2.05, 4.69) is 9.71 Å². The van der Waals surface area contributed by atoms with E-state index < -0.39 is 10.0 Å². The van der Waals surface area contributed by atoms with E-state index in [4.69, 9.17) is 0 Å². The molecule has 3 rings (SSSR count). The predicted octanol–water partition coefficient (Wildman–Crippen LogP) is 3.41. The second-order valence-electron chi connectivity index (χ2n) is 4.45. The highest BCUT2D eigenvalue weighted by Crippen LogP contribution is 2.23. The number of anilines is 1. The number of nitrogens with zero attached hydrogens (tertiary/aromatic N) is 1. The van der Waals surface area contributed by atoms with Crippen LogP contribution in [0.5, 0.6) is 0 Å². The van der Waals surface area contributed by atoms with Crippen molar-refractivity contribution in [1.29, 1.82) is 0 Å². The Kier molecular flexibility index (Phi) is 3.19. The van der Waals surface area contributed by atoms with Crippen molar-refractivity contribution in [2.75, 3.05) is 4.72 Å². The van der Waals surface area contributed by atoms with Crippen LogP contribution in [0.25, 0.3) is 10.2 Å². The van der Waals surface area contributed by atoms with E-state index in [1.807, 2.05) is 6.92 Å². The average molecular weight is 304 g/mol. The van der Waals surface area contributed by atoms with Crippen molar-refractivity contribution < 1.29 is 8.42 Å². The summed E-state index contributed by atoms with van der Waals surface area (Å²) >= 11 is 1.48. The maximum atomic E-state index is 12.3. The van der Waals surface area contributed by atoms with Gasteiger partial charge in [0.1, 0.15) is 0 Å². The summed E-state index contributed by atoms with van der Waals surface area (Å²) in [6.07, 6.45) is 0. The van der Waals surface area contributed by atoms with E-state index in [1.54, 1.807) is 48.0 Å². The molecule has 102 valence electrons. The van der Waals surface area contributed by atoms with E-state index in [-0.39, 0.29) is 4.90 Å². The molecule has 1 aromatic heterocycles. The van der Waals surface area contributed by atoms with Gasteiger partial charge in [0.2, 0.25) is 0 Å². The van der Waals surface area contributed by atoms with Crippen molar-refractivity contribution in [3.8, 4) is 0 Å². The molecule has 3 aromatic rings. The monoisotopic (exact) mass is 304 g/mol. The molecule has 0 radical (unpaired) electrons. The molecule has 2 aromatic carbocycles. The molecule has 0 saturated heterocycles. The third-order valence-corrected chi connectivity index (χ3v) is 5.10. The number of rotatable bonds is 3. The topological polar surface area (TPSA) is 59.1 Å². The van der Waals surface area contributed by atoms with E-state index in [0.29, 0.717) is 5.69 Å². The Labute approximate surface area is 121 Å². The van der Waals surface area contributed by atoms with Crippen molar-refractivity contribution in [2.45, 2.75) is 11.8 Å². The molecule has 6 heteroatoms. The molecule has 0 amide bonds. The van der Waals surface area contributed by atoms with Crippen LogP contribution < -0.4 is 4.72 Å². The first-order valence-electron chi connectivity index (χ1n) is 5.97. The van der Waals surface area contributed by atoms with Crippen molar-refractivity contribution in [3.63, 3.8) is 0 Å². The largest absolute Gasteiger partial charge is 0.280 e. The molecule has 0 aliphatic rings. The Morgan fingerprint density at radius 2 is 1.85 bits per heavy atom. The normalized spacial score (nSPS) is 11.7. The van der Waals surface area contributed by atoms with Crippen LogP contribution in [-0.4, -0.2) is 13.4 Å². The van der Waals surface area contributed by atoms with Crippen molar-refractivity contribution in [2.24, 2.45) is 0 Å². The molecule has 0 atom stereocenters. The second-order valence-corrected chi connectivity index (χ2v) is 7.02. The summed E-state index contributed by atoms with van der Waals surface area (Å²) in [6.45, 7) is 1.92. The van der Waals surface area contributed by atoms with E-state index >= 15 is 0 Å². The zero-order valence-corrected chi connectivity index (χ0v) is 12.3. The Morgan fingerprint density at radius 1 is 1.10 bits per heavy atom. The number of aryl methyl sites for hydroxylation is 1. The number of fused-ring (bicyclic) bond motifs is 1. The van der Waals surface area contributed by atoms with Crippen LogP contribution in [0.15, 0.2) is 52.9 Å². The van der Waals surface area contributed by atoms with Gasteiger partial charge in [-0.3, -0.25) is 4.72 Å². The smallest absolute Gasteiger partial charge is 0.261 e. The molecule has 0 fully saturated rings. The van der Waals surface area contributed by atoms with E-state index in [1.165, 1.54) is 11.3 Å². The Hall–Kier alpha value is -1.92. The minimum Gasteiger partial charge on any atom is -0.280 e. The van der Waals surface area contributed by atoms with Crippen LogP contribution in [0.4, 0.5) is 5.69 Å². The number of nitrogens with one attached hydrogen (secondary N) is 1. The molecule has 0 aliphatic carbocycles. The Balaban J connectivity index is 1.94. The molecule has 0 bridgehead atoms. The summed E-state index contributed by atoms with van der Waals surface area (Å²) in [5.74, 6) is 0. The zero-order chi connectivity index (χ0) is 14.2. The second kappa shape index (κ2) is 4.88. The Bertz CT molecular complexity index is 852. The number of benzene rings is 2. The lowest BCUT2D eigenvalue weighted by Crippen LogP contribution is -2.12. The van der Waals surface area contributed by atoms with Crippen molar-refractivity contribution in [3.05, 3.63) is 53.5 Å². The molecular formula is C14H12N2O2S2. The minimum absolute atomic E-state index is 0.257. The molecule has 0 spiro atoms. The fourth-order valence-corrected chi connectivity index (χ4v) is 3.62. The van der Waals surface area contributed by atoms with E-state index in [0.717, 1.165) is 15.8 Å². The summed E-state index contributed by atoms with van der Waals surface area (Å²) in [5, 5.41) is 0. The highest BCUT2D eigenvalue weighted by Gasteiger charge is 2.14. The highest BCUT2D eigenvalue weighted by atomic mass is 32.2. The van der Waals surface area contributed by atoms with Gasteiger partial charge in [-0.05, 0) is 37.3 Å². The van der Waals surface area contributed by atoms with Gasteiger partial charge in [0.25, 0.3) is 10.0 Å². The number of hydrogen-bond donors (Lipinski definition) is 1. The third kappa shape index (κ3) is 2.52. The van der Waals surface area contributed by atoms with Gasteiger partial charge in [0.15, 0.2) is 0 Å². The zero-order valence-electron chi connectivity index (χ0n) is 10.7. The minimum atomic E-state index is -3.55. The molecule has 0 unspecified atom stereocenters. The number of aromatic nitrogens is 1. The van der Waals surface area contributed by atoms with Gasteiger partial charge in [-0.2, -0.15) is 0 Å². The van der Waals surface area contributed by atoms with Crippen LogP contribution in [0, 0.1) is 6.92 Å². The van der Waals surface area contributed by atoms with E-state index in [9.17, 15) is 8.42 Å². The fraction of sp³-hybridized carbons (Fsp3) is 0.0714. The maximum Gasteiger partial charge on any atom is 0.261 e. The molecular weight excluding hydrogens is 292 g/mol. The molecule has 0 saturated carbocycles. The lowest BCUT2D eigenvalue weighted by molar-refractivity contribution is 0.601. The first kappa shape index (κ1) is 13.1. The maximum absolute atomic E-state index is 12.3.